The Kier molecular flexibility index (Phi) is 2.76. The van der Waals surface area contributed by atoms with Crippen molar-refractivity contribution in [3.05, 3.63) is 28.9 Å². The maximum Gasteiger partial charge on any atom is 0.322 e. The number of hydrogen-bond acceptors (Lipinski definition) is 4. The Morgan fingerprint density at radius 3 is 3.00 bits per heavy atom. The number of carbonyl (C=O) groups is 1. The summed E-state index contributed by atoms with van der Waals surface area (Å²) in [7, 11) is 0. The SMILES string of the molecule is NC(Cn1ccncc1=O)C(=O)O. The zero-order valence-electron chi connectivity index (χ0n) is 6.75. The Labute approximate surface area is 73.6 Å². The molecular formula is C7H9N3O3. The van der Waals surface area contributed by atoms with Gasteiger partial charge in [-0.2, -0.15) is 0 Å². The van der Waals surface area contributed by atoms with Crippen molar-refractivity contribution in [3.8, 4) is 0 Å². The van der Waals surface area contributed by atoms with Gasteiger partial charge in [0.2, 0.25) is 0 Å². The van der Waals surface area contributed by atoms with Crippen molar-refractivity contribution in [2.24, 2.45) is 5.73 Å². The van der Waals surface area contributed by atoms with Crippen molar-refractivity contribution in [2.45, 2.75) is 12.6 Å². The van der Waals surface area contributed by atoms with E-state index in [0.717, 1.165) is 6.20 Å². The van der Waals surface area contributed by atoms with Crippen molar-refractivity contribution in [2.75, 3.05) is 0 Å². The van der Waals surface area contributed by atoms with Crippen LogP contribution in [0.1, 0.15) is 0 Å². The summed E-state index contributed by atoms with van der Waals surface area (Å²) in [6.45, 7) is -0.0450. The van der Waals surface area contributed by atoms with Crippen LogP contribution in [0, 0.1) is 0 Å². The average molecular weight is 183 g/mol. The largest absolute Gasteiger partial charge is 0.480 e. The summed E-state index contributed by atoms with van der Waals surface area (Å²) in [6, 6.07) is -1.07. The zero-order chi connectivity index (χ0) is 9.84. The molecular weight excluding hydrogens is 174 g/mol. The molecule has 1 rings (SSSR count). The highest BCUT2D eigenvalue weighted by Gasteiger charge is 2.11. The lowest BCUT2D eigenvalue weighted by molar-refractivity contribution is -0.138. The van der Waals surface area contributed by atoms with E-state index in [9.17, 15) is 9.59 Å². The molecule has 0 spiro atoms. The minimum absolute atomic E-state index is 0.0450. The number of aliphatic carboxylic acids is 1. The molecule has 3 N–H and O–H groups in total. The quantitative estimate of drug-likeness (QED) is 0.604. The maximum absolute atomic E-state index is 11.0. The molecule has 6 nitrogen and oxygen atoms in total. The molecule has 6 heteroatoms. The molecule has 0 amide bonds. The van der Waals surface area contributed by atoms with Crippen molar-refractivity contribution < 1.29 is 9.90 Å². The second kappa shape index (κ2) is 3.81. The van der Waals surface area contributed by atoms with Gasteiger partial charge < -0.3 is 15.4 Å². The van der Waals surface area contributed by atoms with Gasteiger partial charge in [-0.15, -0.1) is 0 Å². The standard InChI is InChI=1S/C7H9N3O3/c8-5(7(12)13)4-10-2-1-9-3-6(10)11/h1-3,5H,4,8H2,(H,12,13). The normalized spacial score (nSPS) is 12.4. The van der Waals surface area contributed by atoms with Gasteiger partial charge in [0.15, 0.2) is 0 Å². The molecule has 1 unspecified atom stereocenters. The first-order valence-corrected chi connectivity index (χ1v) is 3.60. The van der Waals surface area contributed by atoms with Crippen molar-refractivity contribution >= 4 is 5.97 Å². The first-order valence-electron chi connectivity index (χ1n) is 3.60. The van der Waals surface area contributed by atoms with E-state index in [1.807, 2.05) is 0 Å². The fourth-order valence-corrected chi connectivity index (χ4v) is 0.814. The van der Waals surface area contributed by atoms with Crippen LogP contribution < -0.4 is 11.3 Å². The molecule has 0 saturated heterocycles. The number of carboxylic acid groups (broad SMARTS) is 1. The van der Waals surface area contributed by atoms with Crippen molar-refractivity contribution in [1.82, 2.24) is 9.55 Å². The van der Waals surface area contributed by atoms with E-state index in [4.69, 9.17) is 10.8 Å². The maximum atomic E-state index is 11.0. The Morgan fingerprint density at radius 1 is 1.77 bits per heavy atom. The van der Waals surface area contributed by atoms with Crippen molar-refractivity contribution in [3.63, 3.8) is 0 Å². The van der Waals surface area contributed by atoms with Crippen LogP contribution in [0.2, 0.25) is 0 Å². The summed E-state index contributed by atoms with van der Waals surface area (Å²) in [6.07, 6.45) is 3.90. The average Bonchev–Trinajstić information content (AvgIpc) is 2.08. The third-order valence-corrected chi connectivity index (χ3v) is 1.51. The summed E-state index contributed by atoms with van der Waals surface area (Å²) in [5.74, 6) is -1.14. The summed E-state index contributed by atoms with van der Waals surface area (Å²) in [5, 5.41) is 8.48. The summed E-state index contributed by atoms with van der Waals surface area (Å²) < 4.78 is 1.20. The van der Waals surface area contributed by atoms with Gasteiger partial charge in [0, 0.05) is 12.4 Å². The summed E-state index contributed by atoms with van der Waals surface area (Å²) in [5.41, 5.74) is 4.88. The molecule has 0 fully saturated rings. The molecule has 1 aromatic rings. The van der Waals surface area contributed by atoms with E-state index in [1.165, 1.54) is 17.0 Å². The lowest BCUT2D eigenvalue weighted by Gasteiger charge is -2.07. The molecule has 1 atom stereocenters. The predicted molar refractivity (Wildman–Crippen MR) is 44.1 cm³/mol. The lowest BCUT2D eigenvalue weighted by atomic mass is 10.3. The van der Waals surface area contributed by atoms with E-state index in [1.54, 1.807) is 0 Å². The highest BCUT2D eigenvalue weighted by molar-refractivity contribution is 5.72. The van der Waals surface area contributed by atoms with Gasteiger partial charge in [-0.1, -0.05) is 0 Å². The molecule has 0 aliphatic carbocycles. The number of hydrogen-bond donors (Lipinski definition) is 2. The van der Waals surface area contributed by atoms with Crippen LogP contribution in [-0.4, -0.2) is 26.7 Å². The molecule has 0 aromatic carbocycles. The van der Waals surface area contributed by atoms with E-state index < -0.39 is 12.0 Å². The fourth-order valence-electron chi connectivity index (χ4n) is 0.814. The van der Waals surface area contributed by atoms with Crippen LogP contribution in [0.5, 0.6) is 0 Å². The molecule has 0 bridgehead atoms. The van der Waals surface area contributed by atoms with Crippen LogP contribution in [0.3, 0.4) is 0 Å². The van der Waals surface area contributed by atoms with Crippen LogP contribution >= 0.6 is 0 Å². The third-order valence-electron chi connectivity index (χ3n) is 1.51. The first kappa shape index (κ1) is 9.40. The van der Waals surface area contributed by atoms with E-state index in [0.29, 0.717) is 0 Å². The zero-order valence-corrected chi connectivity index (χ0v) is 6.75. The number of rotatable bonds is 3. The Morgan fingerprint density at radius 2 is 2.46 bits per heavy atom. The first-order chi connectivity index (χ1) is 6.11. The third kappa shape index (κ3) is 2.38. The fraction of sp³-hybridized carbons (Fsp3) is 0.286. The Hall–Kier alpha value is -1.69. The molecule has 70 valence electrons. The molecule has 0 aliphatic rings. The van der Waals surface area contributed by atoms with E-state index in [2.05, 4.69) is 4.98 Å². The Balaban J connectivity index is 2.81. The molecule has 1 heterocycles. The molecule has 0 aliphatic heterocycles. The van der Waals surface area contributed by atoms with E-state index in [-0.39, 0.29) is 12.1 Å². The second-order valence-corrected chi connectivity index (χ2v) is 2.51. The van der Waals surface area contributed by atoms with Crippen LogP contribution in [0.15, 0.2) is 23.4 Å². The Bertz CT molecular complexity index is 360. The topological polar surface area (TPSA) is 98.2 Å². The van der Waals surface area contributed by atoms with Gasteiger partial charge in [-0.3, -0.25) is 14.6 Å². The van der Waals surface area contributed by atoms with Gasteiger partial charge >= 0.3 is 5.97 Å². The molecule has 1 aromatic heterocycles. The smallest absolute Gasteiger partial charge is 0.322 e. The minimum atomic E-state index is -1.14. The van der Waals surface area contributed by atoms with Gasteiger partial charge in [0.25, 0.3) is 5.56 Å². The van der Waals surface area contributed by atoms with Crippen LogP contribution in [0.4, 0.5) is 0 Å². The number of nitrogens with zero attached hydrogens (tertiary/aromatic N) is 2. The number of carboxylic acids is 1. The van der Waals surface area contributed by atoms with Crippen LogP contribution in [0.25, 0.3) is 0 Å². The number of nitrogens with two attached hydrogens (primary N) is 1. The molecule has 0 radical (unpaired) electrons. The minimum Gasteiger partial charge on any atom is -0.480 e. The molecule has 0 saturated carbocycles. The van der Waals surface area contributed by atoms with Gasteiger partial charge in [0.05, 0.1) is 12.7 Å². The van der Waals surface area contributed by atoms with Gasteiger partial charge in [-0.25, -0.2) is 0 Å². The highest BCUT2D eigenvalue weighted by atomic mass is 16.4. The monoisotopic (exact) mass is 183 g/mol. The highest BCUT2D eigenvalue weighted by Crippen LogP contribution is 1.85. The molecule has 13 heavy (non-hydrogen) atoms. The van der Waals surface area contributed by atoms with Gasteiger partial charge in [0.1, 0.15) is 6.04 Å². The number of aromatic nitrogens is 2. The van der Waals surface area contributed by atoms with E-state index >= 15 is 0 Å². The predicted octanol–water partition coefficient (Wildman–Crippen LogP) is -1.34. The second-order valence-electron chi connectivity index (χ2n) is 2.51. The summed E-state index contributed by atoms with van der Waals surface area (Å²) >= 11 is 0. The van der Waals surface area contributed by atoms with Crippen molar-refractivity contribution in [1.29, 1.82) is 0 Å². The summed E-state index contributed by atoms with van der Waals surface area (Å²) in [4.78, 5) is 25.0. The van der Waals surface area contributed by atoms with Gasteiger partial charge in [-0.05, 0) is 0 Å². The lowest BCUT2D eigenvalue weighted by Crippen LogP contribution is -2.37. The van der Waals surface area contributed by atoms with Crippen LogP contribution in [-0.2, 0) is 11.3 Å².